The van der Waals surface area contributed by atoms with Crippen molar-refractivity contribution in [2.75, 3.05) is 18.0 Å². The third-order valence-corrected chi connectivity index (χ3v) is 4.82. The highest BCUT2D eigenvalue weighted by Gasteiger charge is 2.31. The summed E-state index contributed by atoms with van der Waals surface area (Å²) in [5.41, 5.74) is -0.458. The predicted molar refractivity (Wildman–Crippen MR) is 94.2 cm³/mol. The second-order valence-electron chi connectivity index (χ2n) is 8.06. The highest BCUT2D eigenvalue weighted by molar-refractivity contribution is 5.67. The molecule has 6 nitrogen and oxygen atoms in total. The molecule has 2 heterocycles. The summed E-state index contributed by atoms with van der Waals surface area (Å²) in [5, 5.41) is 7.40. The summed E-state index contributed by atoms with van der Waals surface area (Å²) in [6.45, 7) is 8.10. The van der Waals surface area contributed by atoms with Crippen LogP contribution < -0.4 is 10.2 Å². The van der Waals surface area contributed by atoms with E-state index in [0.29, 0.717) is 18.5 Å². The lowest BCUT2D eigenvalue weighted by molar-refractivity contribution is 0.0516. The second kappa shape index (κ2) is 7.03. The van der Waals surface area contributed by atoms with Crippen LogP contribution in [0.2, 0.25) is 0 Å². The molecule has 24 heavy (non-hydrogen) atoms. The number of fused-ring (bicyclic) bond motifs is 1. The number of amides is 1. The maximum Gasteiger partial charge on any atom is 0.407 e. The smallest absolute Gasteiger partial charge is 0.407 e. The van der Waals surface area contributed by atoms with E-state index in [1.54, 1.807) is 0 Å². The zero-order valence-electron chi connectivity index (χ0n) is 15.1. The Morgan fingerprint density at radius 3 is 2.75 bits per heavy atom. The van der Waals surface area contributed by atoms with Crippen LogP contribution in [0.25, 0.3) is 0 Å². The van der Waals surface area contributed by atoms with Gasteiger partial charge in [0.15, 0.2) is 0 Å². The number of hydrogen-bond acceptors (Lipinski definition) is 4. The lowest BCUT2D eigenvalue weighted by Gasteiger charge is -2.41. The Hall–Kier alpha value is -1.72. The summed E-state index contributed by atoms with van der Waals surface area (Å²) >= 11 is 0. The van der Waals surface area contributed by atoms with E-state index in [4.69, 9.17) is 4.74 Å². The molecular weight excluding hydrogens is 304 g/mol. The minimum Gasteiger partial charge on any atom is -0.444 e. The molecule has 1 amide bonds. The number of rotatable bonds is 3. The Morgan fingerprint density at radius 2 is 2.04 bits per heavy atom. The summed E-state index contributed by atoms with van der Waals surface area (Å²) in [5.74, 6) is 1.59. The number of hydrogen-bond donors (Lipinski definition) is 1. The Labute approximate surface area is 144 Å². The zero-order valence-corrected chi connectivity index (χ0v) is 15.1. The topological polar surface area (TPSA) is 59.4 Å². The first-order chi connectivity index (χ1) is 11.4. The van der Waals surface area contributed by atoms with Gasteiger partial charge in [0.25, 0.3) is 0 Å². The summed E-state index contributed by atoms with van der Waals surface area (Å²) in [7, 11) is 0. The summed E-state index contributed by atoms with van der Waals surface area (Å²) in [6.07, 6.45) is 8.06. The highest BCUT2D eigenvalue weighted by atomic mass is 16.6. The van der Waals surface area contributed by atoms with Gasteiger partial charge in [0.2, 0.25) is 0 Å². The van der Waals surface area contributed by atoms with Crippen LogP contribution in [0.3, 0.4) is 0 Å². The standard InChI is InChI=1S/C18H30N4O2/c1-18(2,3)24-17(23)19-11-14-12-21(15-7-5-4-6-8-15)16-9-10-20-22(16)13-14/h9-10,14-15H,4-8,11-13H2,1-3H3,(H,19,23). The van der Waals surface area contributed by atoms with Gasteiger partial charge in [0.05, 0.1) is 6.20 Å². The Morgan fingerprint density at radius 1 is 1.29 bits per heavy atom. The lowest BCUT2D eigenvalue weighted by Crippen LogP contribution is -2.48. The van der Waals surface area contributed by atoms with Crippen LogP contribution in [0.5, 0.6) is 0 Å². The number of anilines is 1. The third kappa shape index (κ3) is 4.22. The number of aromatic nitrogens is 2. The molecular formula is C18H30N4O2. The molecule has 1 aliphatic heterocycles. The van der Waals surface area contributed by atoms with Crippen LogP contribution in [-0.2, 0) is 11.3 Å². The molecule has 1 atom stereocenters. The maximum absolute atomic E-state index is 11.9. The molecule has 1 fully saturated rings. The zero-order chi connectivity index (χ0) is 17.2. The summed E-state index contributed by atoms with van der Waals surface area (Å²) in [6, 6.07) is 2.73. The average molecular weight is 334 g/mol. The van der Waals surface area contributed by atoms with Crippen molar-refractivity contribution in [3.63, 3.8) is 0 Å². The monoisotopic (exact) mass is 334 g/mol. The number of nitrogens with one attached hydrogen (secondary N) is 1. The van der Waals surface area contributed by atoms with Gasteiger partial charge in [-0.2, -0.15) is 5.10 Å². The first-order valence-corrected chi connectivity index (χ1v) is 9.18. The second-order valence-corrected chi connectivity index (χ2v) is 8.06. The van der Waals surface area contributed by atoms with Gasteiger partial charge in [0, 0.05) is 37.7 Å². The molecule has 0 aromatic carbocycles. The van der Waals surface area contributed by atoms with E-state index < -0.39 is 5.60 Å². The van der Waals surface area contributed by atoms with Crippen molar-refractivity contribution < 1.29 is 9.53 Å². The molecule has 1 aromatic heterocycles. The van der Waals surface area contributed by atoms with Crippen molar-refractivity contribution in [2.45, 2.75) is 71.1 Å². The van der Waals surface area contributed by atoms with Crippen LogP contribution >= 0.6 is 0 Å². The van der Waals surface area contributed by atoms with Gasteiger partial charge in [-0.15, -0.1) is 0 Å². The molecule has 2 aliphatic rings. The predicted octanol–water partition coefficient (Wildman–Crippen LogP) is 3.18. The van der Waals surface area contributed by atoms with Crippen molar-refractivity contribution in [3.8, 4) is 0 Å². The van der Waals surface area contributed by atoms with Crippen LogP contribution in [-0.4, -0.2) is 40.6 Å². The average Bonchev–Trinajstić information content (AvgIpc) is 3.00. The molecule has 0 spiro atoms. The van der Waals surface area contributed by atoms with E-state index in [1.165, 1.54) is 37.9 Å². The van der Waals surface area contributed by atoms with E-state index in [-0.39, 0.29) is 6.09 Å². The van der Waals surface area contributed by atoms with E-state index in [2.05, 4.69) is 26.1 Å². The molecule has 134 valence electrons. The molecule has 1 aliphatic carbocycles. The minimum atomic E-state index is -0.458. The first kappa shape index (κ1) is 17.1. The fourth-order valence-electron chi connectivity index (χ4n) is 3.78. The number of carbonyl (C=O) groups is 1. The molecule has 0 bridgehead atoms. The summed E-state index contributed by atoms with van der Waals surface area (Å²) in [4.78, 5) is 14.4. The molecule has 1 saturated carbocycles. The van der Waals surface area contributed by atoms with Crippen molar-refractivity contribution >= 4 is 11.9 Å². The third-order valence-electron chi connectivity index (χ3n) is 4.82. The van der Waals surface area contributed by atoms with E-state index in [9.17, 15) is 4.79 Å². The Kier molecular flexibility index (Phi) is 5.01. The van der Waals surface area contributed by atoms with Gasteiger partial charge < -0.3 is 15.0 Å². The summed E-state index contributed by atoms with van der Waals surface area (Å²) < 4.78 is 7.42. The van der Waals surface area contributed by atoms with Crippen molar-refractivity contribution in [2.24, 2.45) is 5.92 Å². The number of alkyl carbamates (subject to hydrolysis) is 1. The van der Waals surface area contributed by atoms with E-state index >= 15 is 0 Å². The molecule has 0 radical (unpaired) electrons. The van der Waals surface area contributed by atoms with Gasteiger partial charge in [-0.25, -0.2) is 9.48 Å². The van der Waals surface area contributed by atoms with Crippen molar-refractivity contribution in [1.82, 2.24) is 15.1 Å². The fourth-order valence-corrected chi connectivity index (χ4v) is 3.78. The van der Waals surface area contributed by atoms with Gasteiger partial charge in [0.1, 0.15) is 11.4 Å². The Balaban J connectivity index is 1.61. The van der Waals surface area contributed by atoms with Gasteiger partial charge in [-0.1, -0.05) is 19.3 Å². The molecule has 1 N–H and O–H groups in total. The quantitative estimate of drug-likeness (QED) is 0.922. The number of ether oxygens (including phenoxy) is 1. The van der Waals surface area contributed by atoms with Gasteiger partial charge in [-0.3, -0.25) is 0 Å². The Bertz CT molecular complexity index is 558. The van der Waals surface area contributed by atoms with Crippen molar-refractivity contribution in [1.29, 1.82) is 0 Å². The van der Waals surface area contributed by atoms with E-state index in [0.717, 1.165) is 13.1 Å². The van der Waals surface area contributed by atoms with Crippen LogP contribution in [0, 0.1) is 5.92 Å². The van der Waals surface area contributed by atoms with E-state index in [1.807, 2.05) is 27.0 Å². The highest BCUT2D eigenvalue weighted by Crippen LogP contribution is 2.31. The molecule has 1 unspecified atom stereocenters. The van der Waals surface area contributed by atoms with Gasteiger partial charge >= 0.3 is 6.09 Å². The molecule has 3 rings (SSSR count). The van der Waals surface area contributed by atoms with Gasteiger partial charge in [-0.05, 0) is 33.6 Å². The molecule has 6 heteroatoms. The maximum atomic E-state index is 11.9. The van der Waals surface area contributed by atoms with Crippen LogP contribution in [0.1, 0.15) is 52.9 Å². The normalized spacial score (nSPS) is 22.1. The number of nitrogens with zero attached hydrogens (tertiary/aromatic N) is 3. The SMILES string of the molecule is CC(C)(C)OC(=O)NCC1CN(C2CCCCC2)c2ccnn2C1. The number of carbonyl (C=O) groups excluding carboxylic acids is 1. The van der Waals surface area contributed by atoms with Crippen LogP contribution in [0.4, 0.5) is 10.6 Å². The fraction of sp³-hybridized carbons (Fsp3) is 0.778. The molecule has 1 aromatic rings. The van der Waals surface area contributed by atoms with Crippen LogP contribution in [0.15, 0.2) is 12.3 Å². The minimum absolute atomic E-state index is 0.335. The lowest BCUT2D eigenvalue weighted by atomic mass is 9.92. The first-order valence-electron chi connectivity index (χ1n) is 9.18. The largest absolute Gasteiger partial charge is 0.444 e. The van der Waals surface area contributed by atoms with Crippen molar-refractivity contribution in [3.05, 3.63) is 12.3 Å². The molecule has 0 saturated heterocycles.